The van der Waals surface area contributed by atoms with Crippen molar-refractivity contribution < 1.29 is 4.74 Å². The number of nitrogens with zero attached hydrogens (tertiary/aromatic N) is 2. The number of aryl methyl sites for hydroxylation is 1. The summed E-state index contributed by atoms with van der Waals surface area (Å²) in [6.07, 6.45) is 5.49. The number of ether oxygens (including phenoxy) is 1. The van der Waals surface area contributed by atoms with Crippen LogP contribution in [0.5, 0.6) is 0 Å². The van der Waals surface area contributed by atoms with Crippen molar-refractivity contribution in [2.75, 3.05) is 26.2 Å². The van der Waals surface area contributed by atoms with Crippen LogP contribution in [-0.4, -0.2) is 43.3 Å². The van der Waals surface area contributed by atoms with Crippen molar-refractivity contribution in [2.45, 2.75) is 60.0 Å². The van der Waals surface area contributed by atoms with Gasteiger partial charge in [0, 0.05) is 49.7 Å². The van der Waals surface area contributed by atoms with Crippen LogP contribution in [0.4, 0.5) is 0 Å². The third-order valence-corrected chi connectivity index (χ3v) is 5.40. The zero-order valence-electron chi connectivity index (χ0n) is 16.8. The van der Waals surface area contributed by atoms with Gasteiger partial charge in [-0.3, -0.25) is 4.99 Å². The summed E-state index contributed by atoms with van der Waals surface area (Å²) in [5.41, 5.74) is 0.162. The Bertz CT molecular complexity index is 556. The van der Waals surface area contributed by atoms with Gasteiger partial charge in [-0.2, -0.15) is 0 Å². The fourth-order valence-corrected chi connectivity index (χ4v) is 4.13. The molecule has 26 heavy (non-hydrogen) atoms. The number of guanidine groups is 1. The van der Waals surface area contributed by atoms with Gasteiger partial charge < -0.3 is 15.4 Å². The predicted octanol–water partition coefficient (Wildman–Crippen LogP) is 4.01. The fraction of sp³-hybridized carbons (Fsp3) is 0.789. The topological polar surface area (TPSA) is 58.5 Å². The van der Waals surface area contributed by atoms with Gasteiger partial charge in [-0.25, -0.2) is 4.98 Å². The lowest BCUT2D eigenvalue weighted by molar-refractivity contribution is -0.0823. The summed E-state index contributed by atoms with van der Waals surface area (Å²) in [5.74, 6) is 1.39. The van der Waals surface area contributed by atoms with Crippen LogP contribution in [0.2, 0.25) is 0 Å². The fourth-order valence-electron chi connectivity index (χ4n) is 3.34. The van der Waals surface area contributed by atoms with E-state index in [0.717, 1.165) is 45.0 Å². The quantitative estimate of drug-likeness (QED) is 0.357. The lowest BCUT2D eigenvalue weighted by atomic mass is 9.78. The van der Waals surface area contributed by atoms with E-state index in [9.17, 15) is 0 Å². The number of hydrogen-bond donors (Lipinski definition) is 2. The van der Waals surface area contributed by atoms with Crippen molar-refractivity contribution in [3.05, 3.63) is 16.1 Å². The van der Waals surface area contributed by atoms with Crippen LogP contribution in [0.3, 0.4) is 0 Å². The smallest absolute Gasteiger partial charge is 0.191 e. The van der Waals surface area contributed by atoms with Crippen molar-refractivity contribution in [1.29, 1.82) is 0 Å². The molecule has 0 saturated carbocycles. The monoisotopic (exact) mass is 494 g/mol. The van der Waals surface area contributed by atoms with E-state index in [-0.39, 0.29) is 35.5 Å². The van der Waals surface area contributed by atoms with Crippen LogP contribution < -0.4 is 10.6 Å². The molecule has 0 aliphatic carbocycles. The molecule has 0 aromatic carbocycles. The third-order valence-electron chi connectivity index (χ3n) is 4.43. The average Bonchev–Trinajstić information content (AvgIpc) is 2.97. The largest absolute Gasteiger partial charge is 0.377 e. The molecule has 150 valence electrons. The van der Waals surface area contributed by atoms with Crippen molar-refractivity contribution in [2.24, 2.45) is 16.3 Å². The summed E-state index contributed by atoms with van der Waals surface area (Å²) in [5, 5.41) is 7.96. The summed E-state index contributed by atoms with van der Waals surface area (Å²) in [6.45, 7) is 14.4. The van der Waals surface area contributed by atoms with Crippen molar-refractivity contribution in [3.8, 4) is 0 Å². The Kier molecular flexibility index (Phi) is 10.4. The number of thiazole rings is 1. The summed E-state index contributed by atoms with van der Waals surface area (Å²) in [7, 11) is 0. The highest BCUT2D eigenvalue weighted by molar-refractivity contribution is 14.0. The second-order valence-corrected chi connectivity index (χ2v) is 9.14. The van der Waals surface area contributed by atoms with Crippen LogP contribution in [0.15, 0.2) is 11.2 Å². The minimum Gasteiger partial charge on any atom is -0.377 e. The van der Waals surface area contributed by atoms with Crippen LogP contribution in [0, 0.1) is 18.3 Å². The standard InChI is InChI=1S/C19H34N4OS.HI/c1-6-20-18(21-10-9-16-22-12-14(2)25-16)23-13-15-8-7-11-24-17(15)19(3,4)5;/h12,15,17H,6-11,13H2,1-5H3,(H2,20,21,23);1H. The Morgan fingerprint density at radius 2 is 2.15 bits per heavy atom. The summed E-state index contributed by atoms with van der Waals surface area (Å²) >= 11 is 1.76. The summed E-state index contributed by atoms with van der Waals surface area (Å²) < 4.78 is 6.07. The minimum absolute atomic E-state index is 0. The van der Waals surface area contributed by atoms with E-state index >= 15 is 0 Å². The van der Waals surface area contributed by atoms with Gasteiger partial charge in [-0.05, 0) is 32.1 Å². The molecular formula is C19H35IN4OS. The molecule has 1 aliphatic heterocycles. The number of nitrogens with one attached hydrogen (secondary N) is 2. The van der Waals surface area contributed by atoms with Crippen LogP contribution in [0.25, 0.3) is 0 Å². The Morgan fingerprint density at radius 1 is 1.38 bits per heavy atom. The second-order valence-electron chi connectivity index (χ2n) is 7.82. The van der Waals surface area contributed by atoms with E-state index in [4.69, 9.17) is 9.73 Å². The molecule has 1 aromatic rings. The maximum absolute atomic E-state index is 6.07. The molecule has 1 fully saturated rings. The molecule has 0 radical (unpaired) electrons. The molecule has 2 heterocycles. The van der Waals surface area contributed by atoms with E-state index in [1.165, 1.54) is 16.3 Å². The maximum atomic E-state index is 6.07. The highest BCUT2D eigenvalue weighted by atomic mass is 127. The molecule has 2 atom stereocenters. The van der Waals surface area contributed by atoms with Gasteiger partial charge in [0.2, 0.25) is 0 Å². The van der Waals surface area contributed by atoms with E-state index < -0.39 is 0 Å². The zero-order chi connectivity index (χ0) is 18.3. The van der Waals surface area contributed by atoms with E-state index in [1.807, 2.05) is 6.20 Å². The van der Waals surface area contributed by atoms with Gasteiger partial charge in [0.05, 0.1) is 11.1 Å². The minimum atomic E-state index is 0. The first-order chi connectivity index (χ1) is 11.9. The highest BCUT2D eigenvalue weighted by Crippen LogP contribution is 2.34. The molecule has 2 rings (SSSR count). The molecular weight excluding hydrogens is 459 g/mol. The first-order valence-electron chi connectivity index (χ1n) is 9.45. The van der Waals surface area contributed by atoms with Gasteiger partial charge in [0.1, 0.15) is 0 Å². The molecule has 0 amide bonds. The van der Waals surface area contributed by atoms with E-state index in [1.54, 1.807) is 11.3 Å². The van der Waals surface area contributed by atoms with Gasteiger partial charge in [-0.15, -0.1) is 35.3 Å². The van der Waals surface area contributed by atoms with Crippen LogP contribution >= 0.6 is 35.3 Å². The predicted molar refractivity (Wildman–Crippen MR) is 122 cm³/mol. The number of aromatic nitrogens is 1. The van der Waals surface area contributed by atoms with Gasteiger partial charge in [-0.1, -0.05) is 20.8 Å². The molecule has 0 bridgehead atoms. The molecule has 0 spiro atoms. The molecule has 5 nitrogen and oxygen atoms in total. The Labute approximate surface area is 179 Å². The molecule has 2 N–H and O–H groups in total. The summed E-state index contributed by atoms with van der Waals surface area (Å²) in [4.78, 5) is 10.5. The normalized spacial score (nSPS) is 21.2. The molecule has 2 unspecified atom stereocenters. The molecule has 1 aliphatic rings. The SMILES string of the molecule is CCNC(=NCC1CCCOC1C(C)(C)C)NCCc1ncc(C)s1.I. The number of aliphatic imine (C=N–C) groups is 1. The Balaban J connectivity index is 0.00000338. The summed E-state index contributed by atoms with van der Waals surface area (Å²) in [6, 6.07) is 0. The second kappa shape index (κ2) is 11.4. The third kappa shape index (κ3) is 7.68. The maximum Gasteiger partial charge on any atom is 0.191 e. The Morgan fingerprint density at radius 3 is 2.77 bits per heavy atom. The van der Waals surface area contributed by atoms with Crippen molar-refractivity contribution >= 4 is 41.3 Å². The highest BCUT2D eigenvalue weighted by Gasteiger charge is 2.35. The van der Waals surface area contributed by atoms with Gasteiger partial charge in [0.25, 0.3) is 0 Å². The number of halogens is 1. The lowest BCUT2D eigenvalue weighted by Gasteiger charge is -2.39. The first kappa shape index (κ1) is 23.6. The van der Waals surface area contributed by atoms with E-state index in [2.05, 4.69) is 50.2 Å². The lowest BCUT2D eigenvalue weighted by Crippen LogP contribution is -2.43. The first-order valence-corrected chi connectivity index (χ1v) is 10.3. The molecule has 7 heteroatoms. The number of rotatable bonds is 6. The molecule has 1 saturated heterocycles. The van der Waals surface area contributed by atoms with E-state index in [0.29, 0.717) is 5.92 Å². The zero-order valence-corrected chi connectivity index (χ0v) is 19.9. The average molecular weight is 494 g/mol. The molecule has 1 aromatic heterocycles. The van der Waals surface area contributed by atoms with Gasteiger partial charge >= 0.3 is 0 Å². The van der Waals surface area contributed by atoms with Gasteiger partial charge in [0.15, 0.2) is 5.96 Å². The number of hydrogen-bond acceptors (Lipinski definition) is 4. The van der Waals surface area contributed by atoms with Crippen molar-refractivity contribution in [1.82, 2.24) is 15.6 Å². The Hall–Kier alpha value is -0.410. The van der Waals surface area contributed by atoms with Crippen molar-refractivity contribution in [3.63, 3.8) is 0 Å². The van der Waals surface area contributed by atoms with Crippen LogP contribution in [-0.2, 0) is 11.2 Å². The van der Waals surface area contributed by atoms with Crippen LogP contribution in [0.1, 0.15) is 50.4 Å².